The summed E-state index contributed by atoms with van der Waals surface area (Å²) in [6, 6.07) is 8.48. The number of benzene rings is 1. The van der Waals surface area contributed by atoms with Gasteiger partial charge in [-0.15, -0.1) is 0 Å². The number of nitrogens with zero attached hydrogens (tertiary/aromatic N) is 2. The van der Waals surface area contributed by atoms with Gasteiger partial charge in [0.05, 0.1) is 11.9 Å². The van der Waals surface area contributed by atoms with Crippen LogP contribution >= 0.6 is 0 Å². The minimum Gasteiger partial charge on any atom is -0.364 e. The van der Waals surface area contributed by atoms with Crippen molar-refractivity contribution < 1.29 is 0 Å². The molecule has 1 atom stereocenters. The fourth-order valence-corrected chi connectivity index (χ4v) is 2.47. The van der Waals surface area contributed by atoms with E-state index in [4.69, 9.17) is 0 Å². The predicted octanol–water partition coefficient (Wildman–Crippen LogP) is 2.79. The molecule has 0 radical (unpaired) electrons. The summed E-state index contributed by atoms with van der Waals surface area (Å²) in [5.41, 5.74) is 4.38. The van der Waals surface area contributed by atoms with E-state index in [1.807, 2.05) is 19.2 Å². The summed E-state index contributed by atoms with van der Waals surface area (Å²) in [7, 11) is 4.09. The first-order valence-electron chi connectivity index (χ1n) is 6.75. The van der Waals surface area contributed by atoms with Crippen LogP contribution in [0.3, 0.4) is 0 Å². The summed E-state index contributed by atoms with van der Waals surface area (Å²) in [4.78, 5) is 4.28. The van der Waals surface area contributed by atoms with Crippen molar-refractivity contribution in [2.24, 2.45) is 0 Å². The lowest BCUT2D eigenvalue weighted by atomic mass is 10.0. The molecule has 1 aliphatic rings. The Morgan fingerprint density at radius 2 is 2.00 bits per heavy atom. The Bertz CT molecular complexity index is 559. The van der Waals surface area contributed by atoms with Crippen molar-refractivity contribution in [1.29, 1.82) is 0 Å². The Hall–Kier alpha value is -2.16. The fraction of sp³-hybridized carbons (Fsp3) is 0.294. The maximum Gasteiger partial charge on any atom is 0.0979 e. The van der Waals surface area contributed by atoms with Crippen LogP contribution in [0.2, 0.25) is 0 Å². The van der Waals surface area contributed by atoms with Crippen LogP contribution in [0.4, 0.5) is 0 Å². The van der Waals surface area contributed by atoms with Crippen LogP contribution in [0.15, 0.2) is 55.5 Å². The van der Waals surface area contributed by atoms with Crippen molar-refractivity contribution in [3.8, 4) is 0 Å². The monoisotopic (exact) mass is 269 g/mol. The summed E-state index contributed by atoms with van der Waals surface area (Å²) in [6.07, 6.45) is 0. The van der Waals surface area contributed by atoms with Gasteiger partial charge in [-0.2, -0.15) is 0 Å². The lowest BCUT2D eigenvalue weighted by molar-refractivity contribution is 0.248. The van der Waals surface area contributed by atoms with Crippen LogP contribution in [-0.2, 0) is 0 Å². The van der Waals surface area contributed by atoms with E-state index in [2.05, 4.69) is 61.0 Å². The molecule has 3 nitrogen and oxygen atoms in total. The lowest BCUT2D eigenvalue weighted by Gasteiger charge is -2.41. The van der Waals surface area contributed by atoms with Gasteiger partial charge >= 0.3 is 0 Å². The largest absolute Gasteiger partial charge is 0.364 e. The number of likely N-dealkylation sites (N-methyl/N-ethyl adjacent to an activating group) is 2. The Morgan fingerprint density at radius 1 is 1.35 bits per heavy atom. The molecular weight excluding hydrogens is 246 g/mol. The van der Waals surface area contributed by atoms with Gasteiger partial charge in [0.25, 0.3) is 0 Å². The van der Waals surface area contributed by atoms with Crippen LogP contribution in [0.25, 0.3) is 5.70 Å². The molecule has 106 valence electrons. The number of hydrogen-bond acceptors (Lipinski definition) is 3. The van der Waals surface area contributed by atoms with Crippen molar-refractivity contribution in [2.75, 3.05) is 20.6 Å². The molecule has 1 fully saturated rings. The highest BCUT2D eigenvalue weighted by atomic mass is 15.3. The highest BCUT2D eigenvalue weighted by molar-refractivity contribution is 5.65. The molecule has 3 heteroatoms. The zero-order valence-corrected chi connectivity index (χ0v) is 12.6. The van der Waals surface area contributed by atoms with Crippen molar-refractivity contribution in [3.63, 3.8) is 0 Å². The molecule has 0 amide bonds. The number of rotatable bonds is 3. The van der Waals surface area contributed by atoms with Gasteiger partial charge in [0.2, 0.25) is 0 Å². The van der Waals surface area contributed by atoms with Gasteiger partial charge in [0.1, 0.15) is 0 Å². The standard InChI is InChI=1S/C17H23N3/c1-12-9-7-8-10-16(12)14(3)20(6)17-11-19(5)15(4)18-13(17)2/h7-10,17-18H,2-4,11H2,1,5-6H3. The maximum absolute atomic E-state index is 4.26. The minimum absolute atomic E-state index is 0.178. The van der Waals surface area contributed by atoms with Crippen molar-refractivity contribution in [2.45, 2.75) is 13.0 Å². The van der Waals surface area contributed by atoms with E-state index in [0.29, 0.717) is 0 Å². The van der Waals surface area contributed by atoms with E-state index >= 15 is 0 Å². The normalized spacial score (nSPS) is 18.8. The topological polar surface area (TPSA) is 18.5 Å². The molecule has 1 aromatic carbocycles. The molecular formula is C17H23N3. The number of nitrogens with one attached hydrogen (secondary N) is 1. The Morgan fingerprint density at radius 3 is 2.65 bits per heavy atom. The number of aryl methyl sites for hydroxylation is 1. The van der Waals surface area contributed by atoms with Gasteiger partial charge < -0.3 is 15.1 Å². The third-order valence-electron chi connectivity index (χ3n) is 3.96. The first kappa shape index (κ1) is 14.3. The van der Waals surface area contributed by atoms with Gasteiger partial charge in [-0.1, -0.05) is 44.0 Å². The number of hydrogen-bond donors (Lipinski definition) is 1. The molecule has 1 heterocycles. The first-order chi connectivity index (χ1) is 9.41. The maximum atomic E-state index is 4.26. The van der Waals surface area contributed by atoms with Crippen molar-refractivity contribution in [3.05, 3.63) is 66.6 Å². The molecule has 20 heavy (non-hydrogen) atoms. The molecule has 1 aliphatic heterocycles. The Balaban J connectivity index is 2.21. The molecule has 0 bridgehead atoms. The van der Waals surface area contributed by atoms with Crippen LogP contribution in [0.1, 0.15) is 11.1 Å². The summed E-state index contributed by atoms with van der Waals surface area (Å²) in [5.74, 6) is 0.890. The van der Waals surface area contributed by atoms with Crippen LogP contribution in [0, 0.1) is 6.92 Å². The molecule has 0 spiro atoms. The van der Waals surface area contributed by atoms with Crippen LogP contribution in [0.5, 0.6) is 0 Å². The molecule has 0 aromatic heterocycles. The molecule has 1 saturated heterocycles. The van der Waals surface area contributed by atoms with Gasteiger partial charge in [-0.25, -0.2) is 0 Å². The molecule has 0 saturated carbocycles. The predicted molar refractivity (Wildman–Crippen MR) is 85.8 cm³/mol. The van der Waals surface area contributed by atoms with E-state index in [9.17, 15) is 0 Å². The average molecular weight is 269 g/mol. The summed E-state index contributed by atoms with van der Waals surface area (Å²) < 4.78 is 0. The zero-order chi connectivity index (χ0) is 14.9. The van der Waals surface area contributed by atoms with E-state index in [1.54, 1.807) is 0 Å². The second-order valence-electron chi connectivity index (χ2n) is 5.37. The lowest BCUT2D eigenvalue weighted by Crippen LogP contribution is -2.50. The van der Waals surface area contributed by atoms with Gasteiger partial charge in [0.15, 0.2) is 0 Å². The Kier molecular flexibility index (Phi) is 3.89. The van der Waals surface area contributed by atoms with E-state index in [1.165, 1.54) is 11.1 Å². The van der Waals surface area contributed by atoms with E-state index in [-0.39, 0.29) is 6.04 Å². The van der Waals surface area contributed by atoms with Crippen LogP contribution < -0.4 is 5.32 Å². The summed E-state index contributed by atoms with van der Waals surface area (Å²) >= 11 is 0. The molecule has 1 aromatic rings. The van der Waals surface area contributed by atoms with Gasteiger partial charge in [-0.05, 0) is 12.5 Å². The smallest absolute Gasteiger partial charge is 0.0979 e. The van der Waals surface area contributed by atoms with Crippen LogP contribution in [-0.4, -0.2) is 36.5 Å². The second-order valence-corrected chi connectivity index (χ2v) is 5.37. The highest BCUT2D eigenvalue weighted by Gasteiger charge is 2.27. The SMILES string of the molecule is C=C1NC(=C)N(C)CC1N(C)C(=C)c1ccccc1C. The molecule has 2 rings (SSSR count). The third-order valence-corrected chi connectivity index (χ3v) is 3.96. The quantitative estimate of drug-likeness (QED) is 0.910. The zero-order valence-electron chi connectivity index (χ0n) is 12.6. The molecule has 1 unspecified atom stereocenters. The van der Waals surface area contributed by atoms with E-state index in [0.717, 1.165) is 23.8 Å². The minimum atomic E-state index is 0.178. The second kappa shape index (κ2) is 5.45. The fourth-order valence-electron chi connectivity index (χ4n) is 2.47. The molecule has 0 aliphatic carbocycles. The Labute approximate surface area is 121 Å². The van der Waals surface area contributed by atoms with Gasteiger partial charge in [0, 0.05) is 37.6 Å². The summed E-state index contributed by atoms with van der Waals surface area (Å²) in [5, 5.41) is 3.24. The third kappa shape index (κ3) is 2.57. The van der Waals surface area contributed by atoms with Crippen molar-refractivity contribution >= 4 is 5.70 Å². The summed E-state index contributed by atoms with van der Waals surface area (Å²) in [6.45, 7) is 15.3. The van der Waals surface area contributed by atoms with Gasteiger partial charge in [-0.3, -0.25) is 0 Å². The average Bonchev–Trinajstić information content (AvgIpc) is 2.42. The van der Waals surface area contributed by atoms with E-state index < -0.39 is 0 Å². The highest BCUT2D eigenvalue weighted by Crippen LogP contribution is 2.25. The molecule has 1 N–H and O–H groups in total. The first-order valence-corrected chi connectivity index (χ1v) is 6.75. The van der Waals surface area contributed by atoms with Crippen molar-refractivity contribution in [1.82, 2.24) is 15.1 Å².